The molecule has 1 amide bonds. The predicted octanol–water partition coefficient (Wildman–Crippen LogP) is 4.54. The topological polar surface area (TPSA) is 77.7 Å². The minimum Gasteiger partial charge on any atom is -0.493 e. The zero-order valence-corrected chi connectivity index (χ0v) is 17.5. The highest BCUT2D eigenvalue weighted by atomic mass is 19.1. The molecular formula is C23H24FN3O4. The van der Waals surface area contributed by atoms with E-state index in [1.54, 1.807) is 30.2 Å². The zero-order chi connectivity index (χ0) is 21.8. The van der Waals surface area contributed by atoms with Gasteiger partial charge in [-0.25, -0.2) is 4.39 Å². The number of likely N-dealkylation sites (tertiary alicyclic amines) is 1. The van der Waals surface area contributed by atoms with Crippen molar-refractivity contribution in [3.8, 4) is 22.9 Å². The maximum Gasteiger partial charge on any atom is 0.249 e. The fourth-order valence-corrected chi connectivity index (χ4v) is 3.65. The Hall–Kier alpha value is -3.42. The van der Waals surface area contributed by atoms with E-state index >= 15 is 0 Å². The summed E-state index contributed by atoms with van der Waals surface area (Å²) in [5.74, 6) is 1.65. The first-order valence-corrected chi connectivity index (χ1v) is 10.3. The highest BCUT2D eigenvalue weighted by Crippen LogP contribution is 2.36. The highest BCUT2D eigenvalue weighted by molar-refractivity contribution is 5.78. The molecule has 0 bridgehead atoms. The van der Waals surface area contributed by atoms with Crippen LogP contribution in [0.1, 0.15) is 43.7 Å². The molecule has 0 aliphatic carbocycles. The molecule has 2 heterocycles. The van der Waals surface area contributed by atoms with Gasteiger partial charge in [-0.2, -0.15) is 4.98 Å². The summed E-state index contributed by atoms with van der Waals surface area (Å²) in [4.78, 5) is 18.6. The number of methoxy groups -OCH3 is 1. The minimum atomic E-state index is -0.342. The van der Waals surface area contributed by atoms with Crippen LogP contribution in [0.4, 0.5) is 4.39 Å². The van der Waals surface area contributed by atoms with E-state index in [0.717, 1.165) is 12.0 Å². The van der Waals surface area contributed by atoms with Crippen molar-refractivity contribution in [2.24, 2.45) is 0 Å². The van der Waals surface area contributed by atoms with Crippen molar-refractivity contribution >= 4 is 5.91 Å². The van der Waals surface area contributed by atoms with E-state index in [-0.39, 0.29) is 24.3 Å². The second kappa shape index (κ2) is 9.16. The Kier molecular flexibility index (Phi) is 6.16. The summed E-state index contributed by atoms with van der Waals surface area (Å²) in [5, 5.41) is 4.10. The molecule has 1 fully saturated rings. The first-order chi connectivity index (χ1) is 15.1. The van der Waals surface area contributed by atoms with E-state index in [4.69, 9.17) is 14.0 Å². The molecular weight excluding hydrogens is 401 g/mol. The molecule has 4 rings (SSSR count). The van der Waals surface area contributed by atoms with E-state index < -0.39 is 0 Å². The van der Waals surface area contributed by atoms with Crippen molar-refractivity contribution in [1.29, 1.82) is 0 Å². The molecule has 162 valence electrons. The Morgan fingerprint density at radius 2 is 2.10 bits per heavy atom. The monoisotopic (exact) mass is 425 g/mol. The van der Waals surface area contributed by atoms with Gasteiger partial charge in [0.1, 0.15) is 11.9 Å². The molecule has 8 heteroatoms. The Bertz CT molecular complexity index is 1070. The Balaban J connectivity index is 1.55. The fraction of sp³-hybridized carbons (Fsp3) is 0.348. The SMILES string of the molecule is CCCOc1ccc(-c2noc(C3CCC(=O)N3Cc3cccc(F)c3)n2)cc1OC. The van der Waals surface area contributed by atoms with Gasteiger partial charge in [-0.3, -0.25) is 4.79 Å². The summed E-state index contributed by atoms with van der Waals surface area (Å²) < 4.78 is 30.2. The third-order valence-corrected chi connectivity index (χ3v) is 5.18. The van der Waals surface area contributed by atoms with E-state index in [1.165, 1.54) is 12.1 Å². The van der Waals surface area contributed by atoms with Crippen LogP contribution < -0.4 is 9.47 Å². The lowest BCUT2D eigenvalue weighted by Gasteiger charge is -2.22. The maximum atomic E-state index is 13.5. The van der Waals surface area contributed by atoms with E-state index in [2.05, 4.69) is 10.1 Å². The summed E-state index contributed by atoms with van der Waals surface area (Å²) in [6.45, 7) is 2.92. The van der Waals surface area contributed by atoms with Crippen molar-refractivity contribution in [2.45, 2.75) is 38.8 Å². The lowest BCUT2D eigenvalue weighted by atomic mass is 10.1. The standard InChI is InChI=1S/C23H24FN3O4/c1-3-11-30-19-9-7-16(13-20(19)29-2)22-25-23(31-26-22)18-8-10-21(28)27(18)14-15-5-4-6-17(24)12-15/h4-7,9,12-13,18H,3,8,10-11,14H2,1-2H3. The van der Waals surface area contributed by atoms with Crippen LogP contribution in [0.2, 0.25) is 0 Å². The number of halogens is 1. The molecule has 0 saturated carbocycles. The van der Waals surface area contributed by atoms with Crippen molar-refractivity contribution in [3.63, 3.8) is 0 Å². The van der Waals surface area contributed by atoms with Gasteiger partial charge < -0.3 is 18.9 Å². The first kappa shape index (κ1) is 20.8. The van der Waals surface area contributed by atoms with Crippen LogP contribution in [0.15, 0.2) is 47.0 Å². The summed E-state index contributed by atoms with van der Waals surface area (Å²) >= 11 is 0. The normalized spacial score (nSPS) is 16.0. The minimum absolute atomic E-state index is 0.0203. The van der Waals surface area contributed by atoms with Crippen molar-refractivity contribution < 1.29 is 23.2 Å². The molecule has 0 N–H and O–H groups in total. The number of nitrogens with zero attached hydrogens (tertiary/aromatic N) is 3. The average molecular weight is 425 g/mol. The van der Waals surface area contributed by atoms with Crippen LogP contribution in [0.5, 0.6) is 11.5 Å². The average Bonchev–Trinajstić information content (AvgIpc) is 3.39. The summed E-state index contributed by atoms with van der Waals surface area (Å²) in [7, 11) is 1.58. The third-order valence-electron chi connectivity index (χ3n) is 5.18. The number of hydrogen-bond acceptors (Lipinski definition) is 6. The number of rotatable bonds is 8. The summed E-state index contributed by atoms with van der Waals surface area (Å²) in [6.07, 6.45) is 1.85. The Morgan fingerprint density at radius 3 is 2.87 bits per heavy atom. The highest BCUT2D eigenvalue weighted by Gasteiger charge is 2.36. The fourth-order valence-electron chi connectivity index (χ4n) is 3.65. The van der Waals surface area contributed by atoms with Crippen LogP contribution >= 0.6 is 0 Å². The van der Waals surface area contributed by atoms with Crippen LogP contribution in [0, 0.1) is 5.82 Å². The molecule has 2 aromatic carbocycles. The molecule has 31 heavy (non-hydrogen) atoms. The van der Waals surface area contributed by atoms with Crippen molar-refractivity contribution in [2.75, 3.05) is 13.7 Å². The number of amides is 1. The van der Waals surface area contributed by atoms with Gasteiger partial charge in [-0.1, -0.05) is 24.2 Å². The van der Waals surface area contributed by atoms with Gasteiger partial charge in [0.05, 0.1) is 13.7 Å². The van der Waals surface area contributed by atoms with Gasteiger partial charge in [0.25, 0.3) is 0 Å². The van der Waals surface area contributed by atoms with Crippen molar-refractivity contribution in [1.82, 2.24) is 15.0 Å². The summed E-state index contributed by atoms with van der Waals surface area (Å²) in [6, 6.07) is 11.3. The number of ether oxygens (including phenoxy) is 2. The summed E-state index contributed by atoms with van der Waals surface area (Å²) in [5.41, 5.74) is 1.43. The Morgan fingerprint density at radius 1 is 1.23 bits per heavy atom. The molecule has 1 unspecified atom stereocenters. The number of benzene rings is 2. The number of carbonyl (C=O) groups is 1. The van der Waals surface area contributed by atoms with Crippen molar-refractivity contribution in [3.05, 3.63) is 59.7 Å². The van der Waals surface area contributed by atoms with Gasteiger partial charge in [-0.15, -0.1) is 0 Å². The van der Waals surface area contributed by atoms with Gasteiger partial charge in [0, 0.05) is 18.5 Å². The predicted molar refractivity (Wildman–Crippen MR) is 111 cm³/mol. The molecule has 1 aliphatic rings. The second-order valence-corrected chi connectivity index (χ2v) is 7.38. The largest absolute Gasteiger partial charge is 0.493 e. The molecule has 0 spiro atoms. The molecule has 3 aromatic rings. The second-order valence-electron chi connectivity index (χ2n) is 7.38. The third kappa shape index (κ3) is 4.52. The van der Waals surface area contributed by atoms with Gasteiger partial charge in [0.2, 0.25) is 17.6 Å². The zero-order valence-electron chi connectivity index (χ0n) is 17.5. The number of carbonyl (C=O) groups excluding carboxylic acids is 1. The van der Waals surface area contributed by atoms with Gasteiger partial charge in [0.15, 0.2) is 11.5 Å². The molecule has 1 aromatic heterocycles. The Labute approximate surface area is 179 Å². The molecule has 7 nitrogen and oxygen atoms in total. The quantitative estimate of drug-likeness (QED) is 0.527. The van der Waals surface area contributed by atoms with Crippen LogP contribution in [-0.4, -0.2) is 34.7 Å². The van der Waals surface area contributed by atoms with Crippen LogP contribution in [0.3, 0.4) is 0 Å². The maximum absolute atomic E-state index is 13.5. The van der Waals surface area contributed by atoms with Crippen LogP contribution in [-0.2, 0) is 11.3 Å². The smallest absolute Gasteiger partial charge is 0.249 e. The van der Waals surface area contributed by atoms with E-state index in [0.29, 0.717) is 48.2 Å². The lowest BCUT2D eigenvalue weighted by molar-refractivity contribution is -0.130. The molecule has 0 radical (unpaired) electrons. The van der Waals surface area contributed by atoms with Crippen LogP contribution in [0.25, 0.3) is 11.4 Å². The van der Waals surface area contributed by atoms with Gasteiger partial charge >= 0.3 is 0 Å². The number of hydrogen-bond donors (Lipinski definition) is 0. The van der Waals surface area contributed by atoms with Gasteiger partial charge in [-0.05, 0) is 48.7 Å². The first-order valence-electron chi connectivity index (χ1n) is 10.3. The lowest BCUT2D eigenvalue weighted by Crippen LogP contribution is -2.27. The molecule has 1 atom stereocenters. The number of aromatic nitrogens is 2. The van der Waals surface area contributed by atoms with E-state index in [1.807, 2.05) is 19.1 Å². The molecule has 1 aliphatic heterocycles. The molecule has 1 saturated heterocycles. The van der Waals surface area contributed by atoms with E-state index in [9.17, 15) is 9.18 Å².